The Labute approximate surface area is 226 Å². The van der Waals surface area contributed by atoms with Crippen molar-refractivity contribution in [2.24, 2.45) is 0 Å². The summed E-state index contributed by atoms with van der Waals surface area (Å²) in [5.74, 6) is 0. The maximum absolute atomic E-state index is 6.44. The van der Waals surface area contributed by atoms with Crippen LogP contribution in [0, 0.1) is 0 Å². The molecule has 6 rings (SSSR count). The lowest BCUT2D eigenvalue weighted by molar-refractivity contribution is 0.590. The van der Waals surface area contributed by atoms with Crippen molar-refractivity contribution in [3.05, 3.63) is 119 Å². The highest BCUT2D eigenvalue weighted by molar-refractivity contribution is 9.10. The predicted octanol–water partition coefficient (Wildman–Crippen LogP) is 10.7. The monoisotopic (exact) mass is 545 g/mol. The third-order valence-electron chi connectivity index (χ3n) is 6.94. The molecule has 182 valence electrons. The lowest BCUT2D eigenvalue weighted by Crippen LogP contribution is -2.10. The van der Waals surface area contributed by atoms with Gasteiger partial charge in [-0.3, -0.25) is 0 Å². The van der Waals surface area contributed by atoms with Crippen LogP contribution < -0.4 is 5.32 Å². The number of rotatable bonds is 4. The highest BCUT2D eigenvalue weighted by Crippen LogP contribution is 2.41. The Morgan fingerprint density at radius 3 is 2.00 bits per heavy atom. The van der Waals surface area contributed by atoms with Gasteiger partial charge in [0.15, 0.2) is 5.58 Å². The minimum atomic E-state index is 0.123. The molecule has 1 heterocycles. The van der Waals surface area contributed by atoms with Crippen molar-refractivity contribution in [2.45, 2.75) is 26.2 Å². The van der Waals surface area contributed by atoms with E-state index in [4.69, 9.17) is 4.42 Å². The van der Waals surface area contributed by atoms with Gasteiger partial charge in [-0.2, -0.15) is 0 Å². The van der Waals surface area contributed by atoms with Crippen LogP contribution in [0.3, 0.4) is 0 Å². The molecule has 0 fully saturated rings. The molecular weight excluding hydrogens is 518 g/mol. The molecule has 1 N–H and O–H groups in total. The minimum Gasteiger partial charge on any atom is -0.454 e. The van der Waals surface area contributed by atoms with Crippen LogP contribution in [0.2, 0.25) is 0 Å². The number of nitrogens with one attached hydrogen (secondary N) is 1. The smallest absolute Gasteiger partial charge is 0.159 e. The Kier molecular flexibility index (Phi) is 5.89. The molecule has 0 atom stereocenters. The molecule has 0 aliphatic carbocycles. The van der Waals surface area contributed by atoms with Crippen LogP contribution in [0.25, 0.3) is 44.2 Å². The Morgan fingerprint density at radius 2 is 1.30 bits per heavy atom. The average Bonchev–Trinajstić information content (AvgIpc) is 3.30. The maximum Gasteiger partial charge on any atom is 0.159 e. The molecule has 5 aromatic carbocycles. The Bertz CT molecular complexity index is 1720. The predicted molar refractivity (Wildman–Crippen MR) is 161 cm³/mol. The Morgan fingerprint density at radius 1 is 0.649 bits per heavy atom. The summed E-state index contributed by atoms with van der Waals surface area (Å²) in [7, 11) is 0. The lowest BCUT2D eigenvalue weighted by Gasteiger charge is -2.19. The number of furan rings is 1. The van der Waals surface area contributed by atoms with Gasteiger partial charge < -0.3 is 9.73 Å². The number of fused-ring (bicyclic) bond motifs is 3. The number of benzene rings is 5. The first-order valence-corrected chi connectivity index (χ1v) is 13.3. The number of anilines is 2. The molecule has 3 heteroatoms. The van der Waals surface area contributed by atoms with Gasteiger partial charge in [0.05, 0.1) is 5.69 Å². The second-order valence-electron chi connectivity index (χ2n) is 10.5. The molecule has 0 aliphatic rings. The number of halogens is 1. The van der Waals surface area contributed by atoms with Crippen molar-refractivity contribution in [1.29, 1.82) is 0 Å². The van der Waals surface area contributed by atoms with Crippen LogP contribution in [-0.4, -0.2) is 0 Å². The van der Waals surface area contributed by atoms with Gasteiger partial charge in [-0.25, -0.2) is 0 Å². The highest BCUT2D eigenvalue weighted by atomic mass is 79.9. The standard InChI is InChI=1S/C34H28BrNO/c1-34(2,3)24-16-18-25(19-17-24)36-30-21-20-27(32-28-9-5-7-11-31(28)37-33(30)32)23-14-12-22(13-15-23)26-8-4-6-10-29(26)35/h4-21,36H,1-3H3. The molecule has 0 amide bonds. The van der Waals surface area contributed by atoms with E-state index < -0.39 is 0 Å². The number of hydrogen-bond donors (Lipinski definition) is 1. The van der Waals surface area contributed by atoms with Gasteiger partial charge >= 0.3 is 0 Å². The molecule has 6 aromatic rings. The topological polar surface area (TPSA) is 25.2 Å². The Balaban J connectivity index is 1.44. The van der Waals surface area contributed by atoms with Crippen molar-refractivity contribution in [2.75, 3.05) is 5.32 Å². The summed E-state index contributed by atoms with van der Waals surface area (Å²) in [4.78, 5) is 0. The quantitative estimate of drug-likeness (QED) is 0.238. The van der Waals surface area contributed by atoms with E-state index in [1.54, 1.807) is 0 Å². The molecule has 2 nitrogen and oxygen atoms in total. The first-order valence-electron chi connectivity index (χ1n) is 12.6. The van der Waals surface area contributed by atoms with E-state index in [9.17, 15) is 0 Å². The fraction of sp³-hybridized carbons (Fsp3) is 0.118. The third kappa shape index (κ3) is 4.45. The highest BCUT2D eigenvalue weighted by Gasteiger charge is 2.17. The van der Waals surface area contributed by atoms with Gasteiger partial charge in [0.25, 0.3) is 0 Å². The fourth-order valence-corrected chi connectivity index (χ4v) is 5.41. The molecule has 37 heavy (non-hydrogen) atoms. The van der Waals surface area contributed by atoms with E-state index in [1.807, 2.05) is 18.2 Å². The van der Waals surface area contributed by atoms with Gasteiger partial charge in [-0.05, 0) is 63.6 Å². The van der Waals surface area contributed by atoms with Gasteiger partial charge in [0, 0.05) is 20.9 Å². The van der Waals surface area contributed by atoms with E-state index in [0.717, 1.165) is 48.9 Å². The summed E-state index contributed by atoms with van der Waals surface area (Å²) in [5.41, 5.74) is 9.89. The zero-order chi connectivity index (χ0) is 25.6. The van der Waals surface area contributed by atoms with Crippen LogP contribution >= 0.6 is 15.9 Å². The van der Waals surface area contributed by atoms with E-state index in [1.165, 1.54) is 16.7 Å². The zero-order valence-electron chi connectivity index (χ0n) is 21.2. The molecule has 0 saturated carbocycles. The van der Waals surface area contributed by atoms with Crippen molar-refractivity contribution in [1.82, 2.24) is 0 Å². The van der Waals surface area contributed by atoms with E-state index >= 15 is 0 Å². The summed E-state index contributed by atoms with van der Waals surface area (Å²) < 4.78 is 7.53. The molecule has 0 bridgehead atoms. The van der Waals surface area contributed by atoms with Crippen LogP contribution in [0.15, 0.2) is 118 Å². The molecule has 0 saturated heterocycles. The van der Waals surface area contributed by atoms with Crippen molar-refractivity contribution in [3.63, 3.8) is 0 Å². The summed E-state index contributed by atoms with van der Waals surface area (Å²) in [6.45, 7) is 6.70. The third-order valence-corrected chi connectivity index (χ3v) is 7.63. The van der Waals surface area contributed by atoms with Gasteiger partial charge in [-0.15, -0.1) is 0 Å². The molecular formula is C34H28BrNO. The normalized spacial score (nSPS) is 11.8. The second kappa shape index (κ2) is 9.24. The van der Waals surface area contributed by atoms with E-state index in [2.05, 4.69) is 133 Å². The minimum absolute atomic E-state index is 0.123. The lowest BCUT2D eigenvalue weighted by atomic mass is 9.87. The largest absolute Gasteiger partial charge is 0.454 e. The van der Waals surface area contributed by atoms with Crippen LogP contribution in [-0.2, 0) is 5.41 Å². The molecule has 0 spiro atoms. The molecule has 0 unspecified atom stereocenters. The summed E-state index contributed by atoms with van der Waals surface area (Å²) in [6, 6.07) is 38.4. The van der Waals surface area contributed by atoms with Crippen LogP contribution in [0.1, 0.15) is 26.3 Å². The fourth-order valence-electron chi connectivity index (χ4n) is 4.90. The first kappa shape index (κ1) is 23.6. The number of hydrogen-bond acceptors (Lipinski definition) is 2. The summed E-state index contributed by atoms with van der Waals surface area (Å²) in [6.07, 6.45) is 0. The van der Waals surface area contributed by atoms with E-state index in [0.29, 0.717) is 0 Å². The van der Waals surface area contributed by atoms with E-state index in [-0.39, 0.29) is 5.41 Å². The van der Waals surface area contributed by atoms with Gasteiger partial charge in [0.1, 0.15) is 5.58 Å². The van der Waals surface area contributed by atoms with Gasteiger partial charge in [-0.1, -0.05) is 116 Å². The SMILES string of the molecule is CC(C)(C)c1ccc(Nc2ccc(-c3ccc(-c4ccccc4Br)cc3)c3c2oc2ccccc23)cc1. The second-order valence-corrected chi connectivity index (χ2v) is 11.3. The molecule has 0 aliphatic heterocycles. The average molecular weight is 547 g/mol. The first-order chi connectivity index (χ1) is 17.9. The van der Waals surface area contributed by atoms with Crippen molar-refractivity contribution in [3.8, 4) is 22.3 Å². The van der Waals surface area contributed by atoms with Crippen molar-refractivity contribution >= 4 is 49.2 Å². The van der Waals surface area contributed by atoms with Gasteiger partial charge in [0.2, 0.25) is 0 Å². The molecule has 1 aromatic heterocycles. The van der Waals surface area contributed by atoms with Crippen LogP contribution in [0.4, 0.5) is 11.4 Å². The summed E-state index contributed by atoms with van der Waals surface area (Å²) in [5, 5.41) is 5.85. The van der Waals surface area contributed by atoms with Crippen LogP contribution in [0.5, 0.6) is 0 Å². The zero-order valence-corrected chi connectivity index (χ0v) is 22.8. The Hall–Kier alpha value is -3.82. The number of para-hydroxylation sites is 1. The van der Waals surface area contributed by atoms with Crippen molar-refractivity contribution < 1.29 is 4.42 Å². The maximum atomic E-state index is 6.44. The molecule has 0 radical (unpaired) electrons. The summed E-state index contributed by atoms with van der Waals surface area (Å²) >= 11 is 3.68.